The molecule has 0 spiro atoms. The lowest BCUT2D eigenvalue weighted by atomic mass is 9.91. The number of aromatic nitrogens is 1. The summed E-state index contributed by atoms with van der Waals surface area (Å²) in [7, 11) is 0. The Hall–Kier alpha value is -3.03. The summed E-state index contributed by atoms with van der Waals surface area (Å²) in [4.78, 5) is 24.3. The summed E-state index contributed by atoms with van der Waals surface area (Å²) in [5.74, 6) is -0.395. The van der Waals surface area contributed by atoms with Gasteiger partial charge in [-0.2, -0.15) is 0 Å². The van der Waals surface area contributed by atoms with Gasteiger partial charge in [0.1, 0.15) is 0 Å². The maximum Gasteiger partial charge on any atom is 0.417 e. The fourth-order valence-electron chi connectivity index (χ4n) is 5.71. The van der Waals surface area contributed by atoms with Crippen molar-refractivity contribution < 1.29 is 4.42 Å². The second-order valence-electron chi connectivity index (χ2n) is 10.2. The highest BCUT2D eigenvalue weighted by molar-refractivity contribution is 5.86. The van der Waals surface area contributed by atoms with E-state index in [-0.39, 0.29) is 0 Å². The van der Waals surface area contributed by atoms with Gasteiger partial charge in [0.05, 0.1) is 11.2 Å². The molecule has 1 aliphatic carbocycles. The van der Waals surface area contributed by atoms with Crippen LogP contribution in [0.3, 0.4) is 0 Å². The number of benzene rings is 2. The van der Waals surface area contributed by atoms with E-state index < -0.39 is 5.76 Å². The van der Waals surface area contributed by atoms with Crippen molar-refractivity contribution in [3.8, 4) is 0 Å². The van der Waals surface area contributed by atoms with E-state index in [1.54, 1.807) is 0 Å². The summed E-state index contributed by atoms with van der Waals surface area (Å²) in [6.45, 7) is 13.6. The molecule has 0 atom stereocenters. The third-order valence-electron chi connectivity index (χ3n) is 8.12. The van der Waals surface area contributed by atoms with Gasteiger partial charge < -0.3 is 14.2 Å². The highest BCUT2D eigenvalue weighted by atomic mass is 16.4. The first kappa shape index (κ1) is 22.4. The summed E-state index contributed by atoms with van der Waals surface area (Å²) >= 11 is 0. The van der Waals surface area contributed by atoms with Crippen LogP contribution in [0.25, 0.3) is 16.8 Å². The molecule has 3 fully saturated rings. The first-order valence-electron chi connectivity index (χ1n) is 13.0. The number of nitrogens with zero attached hydrogens (tertiary/aromatic N) is 4. The minimum absolute atomic E-state index is 0.395. The molecule has 6 rings (SSSR count). The van der Waals surface area contributed by atoms with Crippen molar-refractivity contribution in [2.45, 2.75) is 31.8 Å². The van der Waals surface area contributed by atoms with Crippen LogP contribution in [-0.4, -0.2) is 78.1 Å². The number of hydrogen-bond donors (Lipinski definition) is 1. The number of piperazine rings is 2. The first-order chi connectivity index (χ1) is 17.1. The molecule has 0 bridgehead atoms. The molecule has 0 radical (unpaired) electrons. The monoisotopic (exact) mass is 473 g/mol. The molecule has 2 aliphatic heterocycles. The molecule has 7 heteroatoms. The van der Waals surface area contributed by atoms with E-state index in [1.807, 2.05) is 18.2 Å². The zero-order valence-electron chi connectivity index (χ0n) is 20.4. The minimum Gasteiger partial charge on any atom is -0.406 e. The molecule has 1 saturated carbocycles. The van der Waals surface area contributed by atoms with E-state index in [0.717, 1.165) is 68.8 Å². The molecular formula is C28H35N5O2. The molecule has 1 N–H and O–H groups in total. The molecule has 3 heterocycles. The van der Waals surface area contributed by atoms with E-state index in [0.29, 0.717) is 5.58 Å². The molecule has 2 saturated heterocycles. The van der Waals surface area contributed by atoms with Crippen molar-refractivity contribution in [2.24, 2.45) is 0 Å². The number of oxazole rings is 1. The summed E-state index contributed by atoms with van der Waals surface area (Å²) in [5, 5.41) is 0. The molecule has 7 nitrogen and oxygen atoms in total. The van der Waals surface area contributed by atoms with E-state index in [2.05, 4.69) is 55.4 Å². The zero-order chi connectivity index (χ0) is 23.8. The van der Waals surface area contributed by atoms with Gasteiger partial charge in [0.25, 0.3) is 0 Å². The maximum atomic E-state index is 11.6. The van der Waals surface area contributed by atoms with Crippen LogP contribution in [0, 0.1) is 0 Å². The Morgan fingerprint density at radius 3 is 2.37 bits per heavy atom. The SMILES string of the molecule is C=C(c1ccc(CN2CCN(c3cccc4[nH]c(=O)oc34)CC2)cc1)N1CCN(C2CCC2)CC1. The van der Waals surface area contributed by atoms with Gasteiger partial charge in [-0.1, -0.05) is 43.3 Å². The van der Waals surface area contributed by atoms with Gasteiger partial charge in [-0.15, -0.1) is 0 Å². The van der Waals surface area contributed by atoms with Gasteiger partial charge in [0.15, 0.2) is 5.58 Å². The van der Waals surface area contributed by atoms with Crippen LogP contribution < -0.4 is 10.7 Å². The van der Waals surface area contributed by atoms with Crippen LogP contribution in [0.1, 0.15) is 30.4 Å². The van der Waals surface area contributed by atoms with Gasteiger partial charge in [-0.25, -0.2) is 4.79 Å². The fraction of sp³-hybridized carbons (Fsp3) is 0.464. The predicted molar refractivity (Wildman–Crippen MR) is 141 cm³/mol. The van der Waals surface area contributed by atoms with Crippen LogP contribution in [0.5, 0.6) is 0 Å². The Balaban J connectivity index is 1.02. The Kier molecular flexibility index (Phi) is 6.12. The van der Waals surface area contributed by atoms with Crippen molar-refractivity contribution in [3.05, 3.63) is 70.7 Å². The lowest BCUT2D eigenvalue weighted by molar-refractivity contribution is 0.0825. The minimum atomic E-state index is -0.395. The van der Waals surface area contributed by atoms with Crippen molar-refractivity contribution in [1.29, 1.82) is 0 Å². The van der Waals surface area contributed by atoms with Crippen LogP contribution in [-0.2, 0) is 6.54 Å². The number of rotatable bonds is 6. The van der Waals surface area contributed by atoms with Gasteiger partial charge in [-0.3, -0.25) is 14.8 Å². The first-order valence-corrected chi connectivity index (χ1v) is 13.0. The smallest absolute Gasteiger partial charge is 0.406 e. The number of H-pyrrole nitrogens is 1. The largest absolute Gasteiger partial charge is 0.417 e. The lowest BCUT2D eigenvalue weighted by Crippen LogP contribution is -2.51. The third-order valence-corrected chi connectivity index (χ3v) is 8.12. The summed E-state index contributed by atoms with van der Waals surface area (Å²) < 4.78 is 5.39. The average molecular weight is 474 g/mol. The average Bonchev–Trinajstić information content (AvgIpc) is 3.24. The number of nitrogens with one attached hydrogen (secondary N) is 1. The van der Waals surface area contributed by atoms with Crippen LogP contribution in [0.2, 0.25) is 0 Å². The number of fused-ring (bicyclic) bond motifs is 1. The van der Waals surface area contributed by atoms with Crippen LogP contribution in [0.15, 0.2) is 58.3 Å². The molecule has 3 aliphatic rings. The molecule has 3 aromatic rings. The second kappa shape index (κ2) is 9.55. The number of aromatic amines is 1. The highest BCUT2D eigenvalue weighted by Crippen LogP contribution is 2.28. The Labute approximate surface area is 206 Å². The van der Waals surface area contributed by atoms with Crippen LogP contribution >= 0.6 is 0 Å². The normalized spacial score (nSPS) is 20.3. The molecule has 2 aromatic carbocycles. The Morgan fingerprint density at radius 2 is 1.69 bits per heavy atom. The molecule has 1 aromatic heterocycles. The standard InChI is InChI=1S/C28H35N5O2/c1-21(31-16-18-32(19-17-31)24-4-2-5-24)23-10-8-22(9-11-23)20-30-12-14-33(15-13-30)26-7-3-6-25-27(26)35-28(34)29-25/h3,6-11,24H,1-2,4-5,12-20H2,(H,29,34). The van der Waals surface area contributed by atoms with E-state index in [4.69, 9.17) is 4.42 Å². The third kappa shape index (κ3) is 4.62. The summed E-state index contributed by atoms with van der Waals surface area (Å²) in [6.07, 6.45) is 4.18. The lowest BCUT2D eigenvalue weighted by Gasteiger charge is -2.44. The Bertz CT molecular complexity index is 1230. The van der Waals surface area contributed by atoms with Gasteiger partial charge in [0, 0.05) is 70.6 Å². The quantitative estimate of drug-likeness (QED) is 0.591. The number of para-hydroxylation sites is 1. The summed E-state index contributed by atoms with van der Waals surface area (Å²) in [5.41, 5.74) is 6.14. The summed E-state index contributed by atoms with van der Waals surface area (Å²) in [6, 6.07) is 15.7. The van der Waals surface area contributed by atoms with Crippen LogP contribution in [0.4, 0.5) is 5.69 Å². The highest BCUT2D eigenvalue weighted by Gasteiger charge is 2.28. The molecular weight excluding hydrogens is 438 g/mol. The maximum absolute atomic E-state index is 11.6. The van der Waals surface area contributed by atoms with Gasteiger partial charge in [0.2, 0.25) is 0 Å². The topological polar surface area (TPSA) is 59.0 Å². The van der Waals surface area contributed by atoms with Gasteiger partial charge >= 0.3 is 5.76 Å². The van der Waals surface area contributed by atoms with E-state index >= 15 is 0 Å². The molecule has 35 heavy (non-hydrogen) atoms. The molecule has 0 unspecified atom stereocenters. The molecule has 0 amide bonds. The van der Waals surface area contributed by atoms with E-state index in [1.165, 1.54) is 43.5 Å². The predicted octanol–water partition coefficient (Wildman–Crippen LogP) is 3.58. The van der Waals surface area contributed by atoms with Crippen molar-refractivity contribution in [1.82, 2.24) is 19.7 Å². The van der Waals surface area contributed by atoms with Crippen molar-refractivity contribution >= 4 is 22.5 Å². The number of hydrogen-bond acceptors (Lipinski definition) is 6. The van der Waals surface area contributed by atoms with Crippen molar-refractivity contribution in [3.63, 3.8) is 0 Å². The second-order valence-corrected chi connectivity index (χ2v) is 10.2. The van der Waals surface area contributed by atoms with Crippen molar-refractivity contribution in [2.75, 3.05) is 57.3 Å². The number of anilines is 1. The fourth-order valence-corrected chi connectivity index (χ4v) is 5.71. The molecule has 184 valence electrons. The van der Waals surface area contributed by atoms with E-state index in [9.17, 15) is 4.79 Å². The zero-order valence-corrected chi connectivity index (χ0v) is 20.4. The Morgan fingerprint density at radius 1 is 0.943 bits per heavy atom. The van der Waals surface area contributed by atoms with Gasteiger partial charge in [-0.05, 0) is 36.1 Å².